The predicted molar refractivity (Wildman–Crippen MR) is 109 cm³/mol. The minimum atomic E-state index is 0.597. The van der Waals surface area contributed by atoms with E-state index in [4.69, 9.17) is 14.2 Å². The zero-order valence-corrected chi connectivity index (χ0v) is 16.8. The molecule has 0 fully saturated rings. The van der Waals surface area contributed by atoms with Gasteiger partial charge in [0.15, 0.2) is 17.7 Å². The van der Waals surface area contributed by atoms with Gasteiger partial charge in [0.25, 0.3) is 5.82 Å². The molecule has 0 saturated heterocycles. The Morgan fingerprint density at radius 1 is 1.00 bits per heavy atom. The van der Waals surface area contributed by atoms with E-state index in [2.05, 4.69) is 16.6 Å². The Labute approximate surface area is 165 Å². The number of hydrogen-bond acceptors (Lipinski definition) is 4. The lowest BCUT2D eigenvalue weighted by molar-refractivity contribution is -0.695. The van der Waals surface area contributed by atoms with Crippen LogP contribution in [-0.2, 0) is 13.0 Å². The SMILES string of the molecule is CCc1n(/N=C\c2ccccc2)cc[n+]1Cc1cc(OC)c(OC)c(OC)c1. The molecule has 0 bridgehead atoms. The van der Waals surface area contributed by atoms with Crippen LogP contribution in [0.3, 0.4) is 0 Å². The maximum Gasteiger partial charge on any atom is 0.282 e. The van der Waals surface area contributed by atoms with Crippen LogP contribution < -0.4 is 18.8 Å². The topological polar surface area (TPSA) is 48.9 Å². The van der Waals surface area contributed by atoms with Gasteiger partial charge in [-0.05, 0) is 17.7 Å². The predicted octanol–water partition coefficient (Wildman–Crippen LogP) is 3.29. The molecular formula is C22H26N3O3+. The molecule has 0 N–H and O–H groups in total. The average molecular weight is 380 g/mol. The maximum absolute atomic E-state index is 5.46. The molecule has 2 aromatic carbocycles. The largest absolute Gasteiger partial charge is 0.493 e. The first-order valence-electron chi connectivity index (χ1n) is 9.18. The third kappa shape index (κ3) is 4.17. The molecule has 0 radical (unpaired) electrons. The summed E-state index contributed by atoms with van der Waals surface area (Å²) in [6.07, 6.45) is 6.72. The van der Waals surface area contributed by atoms with Crippen LogP contribution in [0.15, 0.2) is 60.0 Å². The van der Waals surface area contributed by atoms with E-state index in [9.17, 15) is 0 Å². The fourth-order valence-corrected chi connectivity index (χ4v) is 3.15. The molecule has 6 nitrogen and oxygen atoms in total. The van der Waals surface area contributed by atoms with Crippen LogP contribution in [-0.4, -0.2) is 32.2 Å². The third-order valence-electron chi connectivity index (χ3n) is 4.51. The highest BCUT2D eigenvalue weighted by Crippen LogP contribution is 2.38. The molecule has 0 amide bonds. The number of rotatable bonds is 8. The lowest BCUT2D eigenvalue weighted by Crippen LogP contribution is -2.37. The first-order chi connectivity index (χ1) is 13.7. The fraction of sp³-hybridized carbons (Fsp3) is 0.273. The first kappa shape index (κ1) is 19.5. The maximum atomic E-state index is 5.46. The number of methoxy groups -OCH3 is 3. The van der Waals surface area contributed by atoms with Crippen LogP contribution in [0, 0.1) is 0 Å². The molecule has 3 aromatic rings. The molecule has 1 aromatic heterocycles. The van der Waals surface area contributed by atoms with Crippen molar-refractivity contribution in [2.45, 2.75) is 19.9 Å². The number of nitrogens with zero attached hydrogens (tertiary/aromatic N) is 3. The second-order valence-electron chi connectivity index (χ2n) is 6.23. The summed E-state index contributed by atoms with van der Waals surface area (Å²) in [7, 11) is 4.86. The monoisotopic (exact) mass is 380 g/mol. The smallest absolute Gasteiger partial charge is 0.282 e. The van der Waals surface area contributed by atoms with Gasteiger partial charge in [-0.25, -0.2) is 4.57 Å². The molecule has 0 unspecified atom stereocenters. The van der Waals surface area contributed by atoms with E-state index in [-0.39, 0.29) is 0 Å². The standard InChI is InChI=1S/C22H26N3O3/c1-5-21-24(11-12-25(21)23-15-17-9-7-6-8-10-17)16-18-13-19(26-2)22(28-4)20(14-18)27-3/h6-15H,5,16H2,1-4H3/q+1/b23-15-. The molecule has 1 heterocycles. The van der Waals surface area contributed by atoms with Gasteiger partial charge in [-0.1, -0.05) is 42.4 Å². The van der Waals surface area contributed by atoms with E-state index < -0.39 is 0 Å². The number of aromatic nitrogens is 2. The Hall–Kier alpha value is -3.28. The number of imidazole rings is 1. The molecule has 6 heteroatoms. The lowest BCUT2D eigenvalue weighted by atomic mass is 10.1. The van der Waals surface area contributed by atoms with Crippen LogP contribution >= 0.6 is 0 Å². The normalized spacial score (nSPS) is 11.0. The van der Waals surface area contributed by atoms with Crippen LogP contribution in [0.4, 0.5) is 0 Å². The van der Waals surface area contributed by atoms with E-state index >= 15 is 0 Å². The summed E-state index contributed by atoms with van der Waals surface area (Å²) in [6.45, 7) is 2.79. The van der Waals surface area contributed by atoms with Gasteiger partial charge >= 0.3 is 0 Å². The first-order valence-corrected chi connectivity index (χ1v) is 9.18. The zero-order valence-electron chi connectivity index (χ0n) is 16.8. The quantitative estimate of drug-likeness (QED) is 0.445. The molecule has 0 saturated carbocycles. The number of hydrogen-bond donors (Lipinski definition) is 0. The summed E-state index contributed by atoms with van der Waals surface area (Å²) in [5.74, 6) is 2.99. The van der Waals surface area contributed by atoms with Gasteiger partial charge in [0.1, 0.15) is 12.7 Å². The summed E-state index contributed by atoms with van der Waals surface area (Å²) < 4.78 is 20.4. The number of benzene rings is 2. The minimum absolute atomic E-state index is 0.597. The van der Waals surface area contributed by atoms with Crippen molar-refractivity contribution >= 4 is 6.21 Å². The molecule has 3 rings (SSSR count). The van der Waals surface area contributed by atoms with E-state index in [1.807, 2.05) is 65.7 Å². The van der Waals surface area contributed by atoms with Gasteiger partial charge in [0.05, 0.1) is 27.5 Å². The van der Waals surface area contributed by atoms with Crippen molar-refractivity contribution in [2.75, 3.05) is 21.3 Å². The van der Waals surface area contributed by atoms with Crippen molar-refractivity contribution in [3.63, 3.8) is 0 Å². The highest BCUT2D eigenvalue weighted by Gasteiger charge is 2.18. The van der Waals surface area contributed by atoms with Crippen LogP contribution in [0.25, 0.3) is 0 Å². The van der Waals surface area contributed by atoms with E-state index in [0.29, 0.717) is 23.8 Å². The van der Waals surface area contributed by atoms with Gasteiger partial charge in [-0.3, -0.25) is 0 Å². The molecule has 0 aliphatic carbocycles. The van der Waals surface area contributed by atoms with Crippen LogP contribution in [0.2, 0.25) is 0 Å². The van der Waals surface area contributed by atoms with Crippen molar-refractivity contribution in [1.29, 1.82) is 0 Å². The molecule has 0 aliphatic rings. The molecule has 0 aliphatic heterocycles. The van der Waals surface area contributed by atoms with Gasteiger partial charge in [0.2, 0.25) is 5.75 Å². The minimum Gasteiger partial charge on any atom is -0.493 e. The summed E-state index contributed by atoms with van der Waals surface area (Å²) in [5.41, 5.74) is 2.12. The summed E-state index contributed by atoms with van der Waals surface area (Å²) >= 11 is 0. The van der Waals surface area contributed by atoms with Crippen LogP contribution in [0.1, 0.15) is 23.9 Å². The third-order valence-corrected chi connectivity index (χ3v) is 4.51. The average Bonchev–Trinajstić information content (AvgIpc) is 3.13. The summed E-state index contributed by atoms with van der Waals surface area (Å²) in [5, 5.41) is 4.61. The molecule has 146 valence electrons. The highest BCUT2D eigenvalue weighted by molar-refractivity contribution is 5.79. The van der Waals surface area contributed by atoms with Crippen molar-refractivity contribution < 1.29 is 18.8 Å². The zero-order chi connectivity index (χ0) is 19.9. The van der Waals surface area contributed by atoms with Crippen molar-refractivity contribution in [1.82, 2.24) is 4.68 Å². The number of ether oxygens (including phenoxy) is 3. The molecule has 0 atom stereocenters. The Balaban J connectivity index is 1.89. The molecule has 0 spiro atoms. The molecule has 28 heavy (non-hydrogen) atoms. The van der Waals surface area contributed by atoms with Gasteiger partial charge in [-0.15, -0.1) is 4.68 Å². The Morgan fingerprint density at radius 3 is 2.25 bits per heavy atom. The summed E-state index contributed by atoms with van der Waals surface area (Å²) in [4.78, 5) is 0. The van der Waals surface area contributed by atoms with E-state index in [1.165, 1.54) is 0 Å². The second-order valence-corrected chi connectivity index (χ2v) is 6.23. The van der Waals surface area contributed by atoms with Gasteiger partial charge in [0, 0.05) is 12.0 Å². The fourth-order valence-electron chi connectivity index (χ4n) is 3.15. The lowest BCUT2D eigenvalue weighted by Gasteiger charge is -2.13. The molecular weight excluding hydrogens is 354 g/mol. The Bertz CT molecular complexity index is 924. The van der Waals surface area contributed by atoms with Crippen LogP contribution in [0.5, 0.6) is 17.2 Å². The Morgan fingerprint density at radius 2 is 1.68 bits per heavy atom. The van der Waals surface area contributed by atoms with Crippen molar-refractivity contribution in [3.8, 4) is 17.2 Å². The van der Waals surface area contributed by atoms with Gasteiger partial charge < -0.3 is 14.2 Å². The van der Waals surface area contributed by atoms with Crippen molar-refractivity contribution in [2.24, 2.45) is 5.10 Å². The van der Waals surface area contributed by atoms with E-state index in [1.54, 1.807) is 21.3 Å². The second kappa shape index (κ2) is 9.08. The Kier molecular flexibility index (Phi) is 6.32. The van der Waals surface area contributed by atoms with Gasteiger partial charge in [-0.2, -0.15) is 0 Å². The summed E-state index contributed by atoms with van der Waals surface area (Å²) in [6, 6.07) is 14.0. The highest BCUT2D eigenvalue weighted by atomic mass is 16.5. The van der Waals surface area contributed by atoms with Crippen molar-refractivity contribution in [3.05, 3.63) is 71.8 Å². The van der Waals surface area contributed by atoms with E-state index in [0.717, 1.165) is 23.4 Å².